The van der Waals surface area contributed by atoms with Crippen molar-refractivity contribution in [1.82, 2.24) is 9.66 Å². The van der Waals surface area contributed by atoms with Gasteiger partial charge in [-0.15, -0.1) is 11.6 Å². The van der Waals surface area contributed by atoms with Crippen molar-refractivity contribution < 1.29 is 4.74 Å². The predicted molar refractivity (Wildman–Crippen MR) is 79.8 cm³/mol. The molecule has 0 N–H and O–H groups in total. The molecule has 1 atom stereocenters. The van der Waals surface area contributed by atoms with Crippen LogP contribution in [0.3, 0.4) is 0 Å². The van der Waals surface area contributed by atoms with Gasteiger partial charge in [0.25, 0.3) is 0 Å². The summed E-state index contributed by atoms with van der Waals surface area (Å²) >= 11 is 6.23. The van der Waals surface area contributed by atoms with E-state index in [2.05, 4.69) is 4.98 Å². The Kier molecular flexibility index (Phi) is 3.90. The molecular weight excluding hydrogens is 262 g/mol. The third kappa shape index (κ3) is 2.63. The number of nitrogens with zero attached hydrogens (tertiary/aromatic N) is 3. The van der Waals surface area contributed by atoms with Crippen LogP contribution < -0.4 is 9.75 Å². The standard InChI is InChI=1S/C14H20ClN3O/c1-9(2)19-12-8-6-7-11-13(12)16-14(10(3)15)18(11)17(4)5/h6-10H,1-5H3. The van der Waals surface area contributed by atoms with Gasteiger partial charge in [-0.3, -0.25) is 0 Å². The second-order valence-electron chi connectivity index (χ2n) is 5.04. The zero-order valence-corrected chi connectivity index (χ0v) is 12.8. The van der Waals surface area contributed by atoms with Crippen LogP contribution in [0.25, 0.3) is 11.0 Å². The van der Waals surface area contributed by atoms with Crippen LogP contribution in [0.4, 0.5) is 0 Å². The highest BCUT2D eigenvalue weighted by Gasteiger charge is 2.19. The molecule has 1 unspecified atom stereocenters. The van der Waals surface area contributed by atoms with E-state index in [0.717, 1.165) is 22.6 Å². The van der Waals surface area contributed by atoms with Crippen molar-refractivity contribution in [3.05, 3.63) is 24.0 Å². The molecule has 0 bridgehead atoms. The monoisotopic (exact) mass is 281 g/mol. The molecule has 1 aromatic heterocycles. The van der Waals surface area contributed by atoms with Crippen LogP contribution in [0.5, 0.6) is 5.75 Å². The van der Waals surface area contributed by atoms with Gasteiger partial charge in [0.05, 0.1) is 17.0 Å². The lowest BCUT2D eigenvalue weighted by atomic mass is 10.3. The van der Waals surface area contributed by atoms with E-state index in [1.807, 2.05) is 62.8 Å². The van der Waals surface area contributed by atoms with Crippen molar-refractivity contribution in [3.63, 3.8) is 0 Å². The summed E-state index contributed by atoms with van der Waals surface area (Å²) in [6.07, 6.45) is 0.118. The summed E-state index contributed by atoms with van der Waals surface area (Å²) in [5.41, 5.74) is 1.86. The number of ether oxygens (including phenoxy) is 1. The molecule has 0 spiro atoms. The summed E-state index contributed by atoms with van der Waals surface area (Å²) in [7, 11) is 3.94. The fraction of sp³-hybridized carbons (Fsp3) is 0.500. The second kappa shape index (κ2) is 5.29. The molecule has 2 rings (SSSR count). The number of benzene rings is 1. The Morgan fingerprint density at radius 3 is 2.47 bits per heavy atom. The Hall–Kier alpha value is -1.42. The Morgan fingerprint density at radius 2 is 1.95 bits per heavy atom. The zero-order valence-electron chi connectivity index (χ0n) is 12.0. The van der Waals surface area contributed by atoms with Crippen LogP contribution in [0.2, 0.25) is 0 Å². The summed E-state index contributed by atoms with van der Waals surface area (Å²) < 4.78 is 7.83. The zero-order chi connectivity index (χ0) is 14.2. The molecule has 0 aliphatic heterocycles. The van der Waals surface area contributed by atoms with Crippen LogP contribution in [0.15, 0.2) is 18.2 Å². The van der Waals surface area contributed by atoms with Crippen LogP contribution in [0.1, 0.15) is 32.0 Å². The third-order valence-electron chi connectivity index (χ3n) is 2.77. The number of hydrogen-bond acceptors (Lipinski definition) is 3. The first-order valence-corrected chi connectivity index (χ1v) is 6.85. The minimum atomic E-state index is -0.165. The fourth-order valence-corrected chi connectivity index (χ4v) is 2.25. The highest BCUT2D eigenvalue weighted by atomic mass is 35.5. The Bertz CT molecular complexity index is 575. The van der Waals surface area contributed by atoms with E-state index in [-0.39, 0.29) is 11.5 Å². The van der Waals surface area contributed by atoms with Gasteiger partial charge in [0.2, 0.25) is 0 Å². The van der Waals surface area contributed by atoms with Gasteiger partial charge in [-0.25, -0.2) is 9.66 Å². The van der Waals surface area contributed by atoms with E-state index >= 15 is 0 Å². The molecule has 2 aromatic rings. The number of hydrogen-bond donors (Lipinski definition) is 0. The summed E-state index contributed by atoms with van der Waals surface area (Å²) in [5, 5.41) is 1.81. The highest BCUT2D eigenvalue weighted by molar-refractivity contribution is 6.20. The number of halogens is 1. The molecule has 0 fully saturated rings. The Labute approximate surface area is 118 Å². The summed E-state index contributed by atoms with van der Waals surface area (Å²) in [4.78, 5) is 4.65. The van der Waals surface area contributed by atoms with Crippen LogP contribution in [0, 0.1) is 0 Å². The van der Waals surface area contributed by atoms with Gasteiger partial charge in [0.1, 0.15) is 17.1 Å². The van der Waals surface area contributed by atoms with Gasteiger partial charge in [0, 0.05) is 14.1 Å². The van der Waals surface area contributed by atoms with E-state index in [9.17, 15) is 0 Å². The minimum absolute atomic E-state index is 0.118. The van der Waals surface area contributed by atoms with E-state index in [1.54, 1.807) is 0 Å². The third-order valence-corrected chi connectivity index (χ3v) is 2.96. The molecule has 0 radical (unpaired) electrons. The van der Waals surface area contributed by atoms with Crippen molar-refractivity contribution in [3.8, 4) is 5.75 Å². The molecule has 0 aliphatic carbocycles. The Balaban J connectivity index is 2.68. The summed E-state index contributed by atoms with van der Waals surface area (Å²) in [6.45, 7) is 5.94. The van der Waals surface area contributed by atoms with Crippen molar-refractivity contribution >= 4 is 22.6 Å². The van der Waals surface area contributed by atoms with Crippen LogP contribution in [-0.4, -0.2) is 29.9 Å². The number of alkyl halides is 1. The fourth-order valence-electron chi connectivity index (χ4n) is 2.11. The van der Waals surface area contributed by atoms with E-state index in [1.165, 1.54) is 0 Å². The molecule has 19 heavy (non-hydrogen) atoms. The van der Waals surface area contributed by atoms with Gasteiger partial charge >= 0.3 is 0 Å². The molecule has 1 aromatic carbocycles. The average molecular weight is 282 g/mol. The maximum Gasteiger partial charge on any atom is 0.147 e. The summed E-state index contributed by atoms with van der Waals surface area (Å²) in [5.74, 6) is 1.62. The number of para-hydroxylation sites is 1. The molecule has 104 valence electrons. The minimum Gasteiger partial charge on any atom is -0.489 e. The topological polar surface area (TPSA) is 30.3 Å². The van der Waals surface area contributed by atoms with Gasteiger partial charge < -0.3 is 9.75 Å². The largest absolute Gasteiger partial charge is 0.489 e. The van der Waals surface area contributed by atoms with Crippen LogP contribution in [-0.2, 0) is 0 Å². The first-order chi connectivity index (χ1) is 8.91. The number of aromatic nitrogens is 2. The van der Waals surface area contributed by atoms with Gasteiger partial charge in [-0.05, 0) is 32.9 Å². The van der Waals surface area contributed by atoms with Crippen molar-refractivity contribution in [2.24, 2.45) is 0 Å². The second-order valence-corrected chi connectivity index (χ2v) is 5.69. The van der Waals surface area contributed by atoms with Gasteiger partial charge in [-0.1, -0.05) is 6.07 Å². The quantitative estimate of drug-likeness (QED) is 0.806. The van der Waals surface area contributed by atoms with Crippen LogP contribution >= 0.6 is 11.6 Å². The Morgan fingerprint density at radius 1 is 1.26 bits per heavy atom. The smallest absolute Gasteiger partial charge is 0.147 e. The SMILES string of the molecule is CC(C)Oc1cccc2c1nc(C(C)Cl)n2N(C)C. The number of rotatable bonds is 4. The van der Waals surface area contributed by atoms with Gasteiger partial charge in [0.15, 0.2) is 0 Å². The number of fused-ring (bicyclic) bond motifs is 1. The molecule has 0 amide bonds. The molecule has 1 heterocycles. The lowest BCUT2D eigenvalue weighted by Gasteiger charge is -2.19. The van der Waals surface area contributed by atoms with Gasteiger partial charge in [-0.2, -0.15) is 0 Å². The molecule has 4 nitrogen and oxygen atoms in total. The highest BCUT2D eigenvalue weighted by Crippen LogP contribution is 2.30. The number of imidazole rings is 1. The normalized spacial score (nSPS) is 13.0. The first-order valence-electron chi connectivity index (χ1n) is 6.41. The maximum atomic E-state index is 6.23. The first kappa shape index (κ1) is 14.0. The molecule has 0 saturated carbocycles. The molecular formula is C14H20ClN3O. The molecule has 5 heteroatoms. The van der Waals surface area contributed by atoms with E-state index in [4.69, 9.17) is 16.3 Å². The lowest BCUT2D eigenvalue weighted by Crippen LogP contribution is -2.26. The molecule has 0 saturated heterocycles. The maximum absolute atomic E-state index is 6.23. The summed E-state index contributed by atoms with van der Waals surface area (Å²) in [6, 6.07) is 5.95. The van der Waals surface area contributed by atoms with Crippen molar-refractivity contribution in [2.45, 2.75) is 32.3 Å². The van der Waals surface area contributed by atoms with E-state index in [0.29, 0.717) is 0 Å². The lowest BCUT2D eigenvalue weighted by molar-refractivity contribution is 0.245. The average Bonchev–Trinajstić information content (AvgIpc) is 2.68. The molecule has 0 aliphatic rings. The van der Waals surface area contributed by atoms with Crippen molar-refractivity contribution in [2.75, 3.05) is 19.1 Å². The van der Waals surface area contributed by atoms with E-state index < -0.39 is 0 Å². The predicted octanol–water partition coefficient (Wildman–Crippen LogP) is 3.32. The van der Waals surface area contributed by atoms with Crippen molar-refractivity contribution in [1.29, 1.82) is 0 Å².